The van der Waals surface area contributed by atoms with E-state index in [0.717, 1.165) is 4.90 Å². The summed E-state index contributed by atoms with van der Waals surface area (Å²) < 4.78 is 0. The Kier molecular flexibility index (Phi) is 5.93. The molecule has 2 amide bonds. The fourth-order valence-corrected chi connectivity index (χ4v) is 5.02. The largest absolute Gasteiger partial charge is 0.481 e. The number of carboxylic acids is 2. The van der Waals surface area contributed by atoms with Crippen molar-refractivity contribution in [2.24, 2.45) is 11.7 Å². The standard InChI is InChI=1S/C21H22N2O6S/c1-12-5-2-3-6-13(12)18(25)23-17(15-7-4-10-30-15)14(19(26)27)11-21(23,20(28)29)9-8-16(22)24/h2-7,10,14,17H,8-9,11H2,1H3,(H2,22,24)(H,26,27)(H,28,29). The highest BCUT2D eigenvalue weighted by Gasteiger charge is 2.61. The van der Waals surface area contributed by atoms with Gasteiger partial charge in [0.05, 0.1) is 12.0 Å². The Morgan fingerprint density at radius 3 is 2.40 bits per heavy atom. The number of amides is 2. The number of nitrogens with zero attached hydrogens (tertiary/aromatic N) is 1. The number of aliphatic carboxylic acids is 2. The third kappa shape index (κ3) is 3.68. The van der Waals surface area contributed by atoms with Crippen molar-refractivity contribution < 1.29 is 29.4 Å². The van der Waals surface area contributed by atoms with Gasteiger partial charge in [-0.2, -0.15) is 0 Å². The van der Waals surface area contributed by atoms with Gasteiger partial charge >= 0.3 is 11.9 Å². The molecule has 1 fully saturated rings. The topological polar surface area (TPSA) is 138 Å². The molecule has 3 unspecified atom stereocenters. The minimum absolute atomic E-state index is 0.263. The van der Waals surface area contributed by atoms with E-state index >= 15 is 0 Å². The number of benzene rings is 1. The van der Waals surface area contributed by atoms with Gasteiger partial charge in [-0.15, -0.1) is 11.3 Å². The number of thiophene rings is 1. The van der Waals surface area contributed by atoms with Gasteiger partial charge in [0.15, 0.2) is 0 Å². The lowest BCUT2D eigenvalue weighted by Crippen LogP contribution is -2.54. The van der Waals surface area contributed by atoms with Crippen molar-refractivity contribution in [3.05, 3.63) is 57.8 Å². The first-order valence-corrected chi connectivity index (χ1v) is 10.2. The molecule has 4 N–H and O–H groups in total. The van der Waals surface area contributed by atoms with Crippen LogP contribution in [-0.2, 0) is 14.4 Å². The van der Waals surface area contributed by atoms with Crippen LogP contribution in [0, 0.1) is 12.8 Å². The summed E-state index contributed by atoms with van der Waals surface area (Å²) in [7, 11) is 0. The molecule has 158 valence electrons. The van der Waals surface area contributed by atoms with E-state index in [9.17, 15) is 29.4 Å². The normalized spacial score (nSPS) is 23.3. The summed E-state index contributed by atoms with van der Waals surface area (Å²) in [5.41, 5.74) is 4.32. The number of carboxylic acid groups (broad SMARTS) is 2. The van der Waals surface area contributed by atoms with Gasteiger partial charge in [0.1, 0.15) is 5.54 Å². The predicted molar refractivity (Wildman–Crippen MR) is 109 cm³/mol. The maximum atomic E-state index is 13.7. The summed E-state index contributed by atoms with van der Waals surface area (Å²) in [4.78, 5) is 51.5. The second kappa shape index (κ2) is 8.27. The van der Waals surface area contributed by atoms with Gasteiger partial charge in [-0.25, -0.2) is 4.79 Å². The highest BCUT2D eigenvalue weighted by Crippen LogP contribution is 2.51. The van der Waals surface area contributed by atoms with Gasteiger partial charge in [0, 0.05) is 16.9 Å². The molecule has 0 saturated carbocycles. The molecule has 30 heavy (non-hydrogen) atoms. The maximum Gasteiger partial charge on any atom is 0.329 e. The zero-order valence-electron chi connectivity index (χ0n) is 16.3. The van der Waals surface area contributed by atoms with E-state index in [2.05, 4.69) is 0 Å². The Morgan fingerprint density at radius 1 is 1.17 bits per heavy atom. The number of carbonyl (C=O) groups is 4. The maximum absolute atomic E-state index is 13.7. The molecule has 8 nitrogen and oxygen atoms in total. The Hall–Kier alpha value is -3.20. The first-order valence-electron chi connectivity index (χ1n) is 9.36. The zero-order chi connectivity index (χ0) is 22.1. The summed E-state index contributed by atoms with van der Waals surface area (Å²) in [6.45, 7) is 1.73. The third-order valence-corrected chi connectivity index (χ3v) is 6.55. The third-order valence-electron chi connectivity index (χ3n) is 5.61. The van der Waals surface area contributed by atoms with E-state index < -0.39 is 41.3 Å². The monoisotopic (exact) mass is 430 g/mol. The molecule has 2 heterocycles. The first kappa shape index (κ1) is 21.5. The number of hydrogen-bond donors (Lipinski definition) is 3. The predicted octanol–water partition coefficient (Wildman–Crippen LogP) is 2.43. The van der Waals surface area contributed by atoms with Crippen LogP contribution in [-0.4, -0.2) is 44.4 Å². The number of likely N-dealkylation sites (tertiary alicyclic amines) is 1. The highest BCUT2D eigenvalue weighted by atomic mass is 32.1. The molecular weight excluding hydrogens is 408 g/mol. The van der Waals surface area contributed by atoms with Gasteiger partial charge in [-0.1, -0.05) is 24.3 Å². The van der Waals surface area contributed by atoms with Crippen LogP contribution in [0.3, 0.4) is 0 Å². The van der Waals surface area contributed by atoms with Crippen LogP contribution >= 0.6 is 11.3 Å². The molecule has 0 radical (unpaired) electrons. The first-order chi connectivity index (χ1) is 14.2. The van der Waals surface area contributed by atoms with E-state index in [1.54, 1.807) is 48.7 Å². The fraction of sp³-hybridized carbons (Fsp3) is 0.333. The molecule has 2 aromatic rings. The number of nitrogens with two attached hydrogens (primary N) is 1. The lowest BCUT2D eigenvalue weighted by atomic mass is 9.86. The molecule has 1 aromatic heterocycles. The summed E-state index contributed by atoms with van der Waals surface area (Å²) in [6.07, 6.45) is -0.862. The highest BCUT2D eigenvalue weighted by molar-refractivity contribution is 7.10. The number of aryl methyl sites for hydroxylation is 1. The zero-order valence-corrected chi connectivity index (χ0v) is 17.1. The average Bonchev–Trinajstić information content (AvgIpc) is 3.32. The SMILES string of the molecule is Cc1ccccc1C(=O)N1C(c2cccs2)C(C(=O)O)CC1(CCC(N)=O)C(=O)O. The van der Waals surface area contributed by atoms with Crippen LogP contribution in [0.15, 0.2) is 41.8 Å². The van der Waals surface area contributed by atoms with Crippen molar-refractivity contribution in [2.45, 2.75) is 37.8 Å². The van der Waals surface area contributed by atoms with Crippen LogP contribution in [0.5, 0.6) is 0 Å². The van der Waals surface area contributed by atoms with Crippen molar-refractivity contribution in [2.75, 3.05) is 0 Å². The summed E-state index contributed by atoms with van der Waals surface area (Å²) in [6, 6.07) is 9.16. The molecule has 1 aliphatic rings. The van der Waals surface area contributed by atoms with Crippen LogP contribution in [0.25, 0.3) is 0 Å². The Balaban J connectivity index is 2.22. The molecule has 0 spiro atoms. The van der Waals surface area contributed by atoms with Gasteiger partial charge in [-0.3, -0.25) is 14.4 Å². The molecule has 3 rings (SSSR count). The molecule has 1 aromatic carbocycles. The number of hydrogen-bond acceptors (Lipinski definition) is 5. The molecule has 1 saturated heterocycles. The van der Waals surface area contributed by atoms with E-state index in [4.69, 9.17) is 5.73 Å². The number of rotatable bonds is 7. The van der Waals surface area contributed by atoms with Crippen LogP contribution in [0.1, 0.15) is 46.1 Å². The molecule has 3 atom stereocenters. The van der Waals surface area contributed by atoms with Gasteiger partial charge in [-0.05, 0) is 42.8 Å². The van der Waals surface area contributed by atoms with Crippen molar-refractivity contribution >= 4 is 35.1 Å². The summed E-state index contributed by atoms with van der Waals surface area (Å²) >= 11 is 1.26. The molecule has 9 heteroatoms. The van der Waals surface area contributed by atoms with Crippen LogP contribution in [0.2, 0.25) is 0 Å². The second-order valence-electron chi connectivity index (χ2n) is 7.40. The number of primary amides is 1. The summed E-state index contributed by atoms with van der Waals surface area (Å²) in [5.74, 6) is -4.98. The van der Waals surface area contributed by atoms with E-state index in [0.29, 0.717) is 10.4 Å². The van der Waals surface area contributed by atoms with E-state index in [-0.39, 0.29) is 24.8 Å². The second-order valence-corrected chi connectivity index (χ2v) is 8.38. The molecule has 0 bridgehead atoms. The molecule has 0 aliphatic carbocycles. The van der Waals surface area contributed by atoms with E-state index in [1.807, 2.05) is 0 Å². The van der Waals surface area contributed by atoms with Crippen molar-refractivity contribution in [3.8, 4) is 0 Å². The van der Waals surface area contributed by atoms with Crippen LogP contribution < -0.4 is 5.73 Å². The smallest absolute Gasteiger partial charge is 0.329 e. The summed E-state index contributed by atoms with van der Waals surface area (Å²) in [5, 5.41) is 21.8. The Morgan fingerprint density at radius 2 is 1.87 bits per heavy atom. The number of carbonyl (C=O) groups excluding carboxylic acids is 2. The van der Waals surface area contributed by atoms with Gasteiger partial charge in [0.2, 0.25) is 5.91 Å². The molecule has 1 aliphatic heterocycles. The fourth-order valence-electron chi connectivity index (χ4n) is 4.14. The minimum Gasteiger partial charge on any atom is -0.481 e. The Bertz CT molecular complexity index is 989. The van der Waals surface area contributed by atoms with Crippen molar-refractivity contribution in [1.29, 1.82) is 0 Å². The van der Waals surface area contributed by atoms with Gasteiger partial charge < -0.3 is 20.8 Å². The lowest BCUT2D eigenvalue weighted by molar-refractivity contribution is -0.149. The van der Waals surface area contributed by atoms with Crippen LogP contribution in [0.4, 0.5) is 0 Å². The molecular formula is C21H22N2O6S. The van der Waals surface area contributed by atoms with E-state index in [1.165, 1.54) is 11.3 Å². The quantitative estimate of drug-likeness (QED) is 0.617. The Labute approximate surface area is 176 Å². The average molecular weight is 430 g/mol. The minimum atomic E-state index is -1.87. The van der Waals surface area contributed by atoms with Gasteiger partial charge in [0.25, 0.3) is 5.91 Å². The van der Waals surface area contributed by atoms with Crippen molar-refractivity contribution in [3.63, 3.8) is 0 Å². The lowest BCUT2D eigenvalue weighted by Gasteiger charge is -2.38. The van der Waals surface area contributed by atoms with Crippen molar-refractivity contribution in [1.82, 2.24) is 4.90 Å².